The standard InChI is InChI=1S/C35H45N3O6/c1-7-8-12-22-38(33(41)29(23-25-15-10-9-11-16-25)37-34(42)44-35(3,4)5)30(28-17-13-14-24(2)31(28)39)32(40)36-26-18-20-27(43-6)21-19-26/h9-11,13-21,29-30,39H,7-8,12,22-23H2,1-6H3,(H,36,40)(H,37,42). The second-order valence-corrected chi connectivity index (χ2v) is 11.8. The van der Waals surface area contributed by atoms with Crippen molar-refractivity contribution in [3.05, 3.63) is 89.5 Å². The molecule has 0 spiro atoms. The second-order valence-electron chi connectivity index (χ2n) is 11.8. The zero-order valence-corrected chi connectivity index (χ0v) is 26.6. The van der Waals surface area contributed by atoms with Crippen LogP contribution in [-0.4, -0.2) is 53.2 Å². The van der Waals surface area contributed by atoms with Crippen LogP contribution >= 0.6 is 0 Å². The molecule has 9 nitrogen and oxygen atoms in total. The smallest absolute Gasteiger partial charge is 0.408 e. The summed E-state index contributed by atoms with van der Waals surface area (Å²) in [5.41, 5.74) is 1.41. The van der Waals surface area contributed by atoms with E-state index >= 15 is 0 Å². The first-order chi connectivity index (χ1) is 20.9. The van der Waals surface area contributed by atoms with E-state index in [0.29, 0.717) is 23.4 Å². The van der Waals surface area contributed by atoms with E-state index in [-0.39, 0.29) is 24.3 Å². The molecule has 9 heteroatoms. The quantitative estimate of drug-likeness (QED) is 0.191. The number of benzene rings is 3. The van der Waals surface area contributed by atoms with Crippen molar-refractivity contribution < 1.29 is 29.0 Å². The lowest BCUT2D eigenvalue weighted by Crippen LogP contribution is -2.53. The minimum atomic E-state index is -1.19. The van der Waals surface area contributed by atoms with Crippen LogP contribution in [0.5, 0.6) is 11.5 Å². The number of phenols is 1. The number of aryl methyl sites for hydroxylation is 1. The number of anilines is 1. The minimum Gasteiger partial charge on any atom is -0.507 e. The topological polar surface area (TPSA) is 117 Å². The normalized spacial score (nSPS) is 12.5. The van der Waals surface area contributed by atoms with Gasteiger partial charge in [0, 0.05) is 24.2 Å². The Hall–Kier alpha value is -4.53. The summed E-state index contributed by atoms with van der Waals surface area (Å²) in [4.78, 5) is 43.2. The Kier molecular flexibility index (Phi) is 12.2. The summed E-state index contributed by atoms with van der Waals surface area (Å²) in [6.07, 6.45) is 1.77. The maximum absolute atomic E-state index is 14.6. The molecule has 3 aromatic carbocycles. The highest BCUT2D eigenvalue weighted by Gasteiger charge is 2.37. The monoisotopic (exact) mass is 603 g/mol. The van der Waals surface area contributed by atoms with Gasteiger partial charge in [-0.25, -0.2) is 4.79 Å². The van der Waals surface area contributed by atoms with Gasteiger partial charge < -0.3 is 30.1 Å². The van der Waals surface area contributed by atoms with Crippen LogP contribution in [0, 0.1) is 6.92 Å². The summed E-state index contributed by atoms with van der Waals surface area (Å²) in [7, 11) is 1.56. The average Bonchev–Trinajstić information content (AvgIpc) is 2.98. The van der Waals surface area contributed by atoms with Gasteiger partial charge in [0.2, 0.25) is 5.91 Å². The van der Waals surface area contributed by atoms with Crippen molar-refractivity contribution >= 4 is 23.6 Å². The minimum absolute atomic E-state index is 0.0737. The number of amides is 3. The summed E-state index contributed by atoms with van der Waals surface area (Å²) in [6.45, 7) is 9.26. The van der Waals surface area contributed by atoms with Crippen molar-refractivity contribution in [2.24, 2.45) is 0 Å². The summed E-state index contributed by atoms with van der Waals surface area (Å²) in [6, 6.07) is 19.1. The van der Waals surface area contributed by atoms with Crippen molar-refractivity contribution in [3.63, 3.8) is 0 Å². The van der Waals surface area contributed by atoms with Gasteiger partial charge in [0.1, 0.15) is 29.2 Å². The molecule has 0 radical (unpaired) electrons. The Balaban J connectivity index is 2.09. The number of rotatable bonds is 13. The van der Waals surface area contributed by atoms with Crippen molar-refractivity contribution in [3.8, 4) is 11.5 Å². The predicted molar refractivity (Wildman–Crippen MR) is 172 cm³/mol. The SMILES string of the molecule is CCCCCN(C(=O)C(Cc1ccccc1)NC(=O)OC(C)(C)C)C(C(=O)Nc1ccc(OC)cc1)c1cccc(C)c1O. The Morgan fingerprint density at radius 1 is 0.932 bits per heavy atom. The molecule has 3 rings (SSSR count). The summed E-state index contributed by atoms with van der Waals surface area (Å²) in [5.74, 6) is -0.414. The first-order valence-electron chi connectivity index (χ1n) is 15.0. The molecule has 2 atom stereocenters. The number of aromatic hydroxyl groups is 1. The lowest BCUT2D eigenvalue weighted by atomic mass is 9.97. The van der Waals surface area contributed by atoms with E-state index in [1.807, 2.05) is 30.3 Å². The first-order valence-corrected chi connectivity index (χ1v) is 15.0. The molecular formula is C35H45N3O6. The van der Waals surface area contributed by atoms with Crippen molar-refractivity contribution in [1.82, 2.24) is 10.2 Å². The highest BCUT2D eigenvalue weighted by Crippen LogP contribution is 2.33. The van der Waals surface area contributed by atoms with Crippen molar-refractivity contribution in [2.45, 2.75) is 78.0 Å². The maximum Gasteiger partial charge on any atom is 0.408 e. The van der Waals surface area contributed by atoms with Gasteiger partial charge >= 0.3 is 6.09 Å². The molecule has 0 aliphatic heterocycles. The number of methoxy groups -OCH3 is 1. The zero-order chi connectivity index (χ0) is 32.3. The van der Waals surface area contributed by atoms with Gasteiger partial charge in [-0.3, -0.25) is 9.59 Å². The first kappa shape index (κ1) is 34.0. The number of nitrogens with zero attached hydrogens (tertiary/aromatic N) is 1. The molecule has 44 heavy (non-hydrogen) atoms. The highest BCUT2D eigenvalue weighted by molar-refractivity contribution is 5.99. The Morgan fingerprint density at radius 2 is 1.61 bits per heavy atom. The molecule has 3 N–H and O–H groups in total. The third kappa shape index (κ3) is 9.76. The van der Waals surface area contributed by atoms with E-state index < -0.39 is 35.6 Å². The fourth-order valence-corrected chi connectivity index (χ4v) is 4.84. The van der Waals surface area contributed by atoms with E-state index in [4.69, 9.17) is 9.47 Å². The van der Waals surface area contributed by atoms with E-state index in [0.717, 1.165) is 18.4 Å². The van der Waals surface area contributed by atoms with Gasteiger partial charge in [0.05, 0.1) is 7.11 Å². The summed E-state index contributed by atoms with van der Waals surface area (Å²) >= 11 is 0. The van der Waals surface area contributed by atoms with Gasteiger partial charge in [-0.05, 0) is 69.5 Å². The van der Waals surface area contributed by atoms with E-state index in [1.165, 1.54) is 4.90 Å². The molecular weight excluding hydrogens is 558 g/mol. The van der Waals surface area contributed by atoms with Crippen LogP contribution in [0.1, 0.15) is 69.7 Å². The Bertz CT molecular complexity index is 1390. The Labute approximate surface area is 260 Å². The maximum atomic E-state index is 14.6. The van der Waals surface area contributed by atoms with Gasteiger partial charge in [-0.2, -0.15) is 0 Å². The van der Waals surface area contributed by atoms with E-state index in [2.05, 4.69) is 17.6 Å². The molecule has 0 heterocycles. The number of alkyl carbamates (subject to hydrolysis) is 1. The largest absolute Gasteiger partial charge is 0.507 e. The number of unbranched alkanes of at least 4 members (excludes halogenated alkanes) is 2. The van der Waals surface area contributed by atoms with Gasteiger partial charge in [0.25, 0.3) is 5.91 Å². The van der Waals surface area contributed by atoms with Crippen molar-refractivity contribution in [2.75, 3.05) is 19.0 Å². The average molecular weight is 604 g/mol. The van der Waals surface area contributed by atoms with Gasteiger partial charge in [0.15, 0.2) is 0 Å². The number of para-hydroxylation sites is 1. The van der Waals surface area contributed by atoms with Crippen LogP contribution in [0.15, 0.2) is 72.8 Å². The second kappa shape index (κ2) is 15.8. The van der Waals surface area contributed by atoms with Crippen LogP contribution in [0.3, 0.4) is 0 Å². The number of carbonyl (C=O) groups is 3. The molecule has 0 aromatic heterocycles. The van der Waals surface area contributed by atoms with E-state index in [1.54, 1.807) is 77.3 Å². The van der Waals surface area contributed by atoms with Gasteiger partial charge in [-0.1, -0.05) is 68.3 Å². The molecule has 3 amide bonds. The molecule has 0 aliphatic carbocycles. The molecule has 236 valence electrons. The lowest BCUT2D eigenvalue weighted by Gasteiger charge is -2.35. The molecule has 0 aliphatic rings. The summed E-state index contributed by atoms with van der Waals surface area (Å²) < 4.78 is 10.7. The number of phenolic OH excluding ortho intramolecular Hbond substituents is 1. The molecule has 3 aromatic rings. The van der Waals surface area contributed by atoms with Crippen LogP contribution in [-0.2, 0) is 20.7 Å². The molecule has 0 saturated heterocycles. The van der Waals surface area contributed by atoms with Gasteiger partial charge in [-0.15, -0.1) is 0 Å². The van der Waals surface area contributed by atoms with Crippen molar-refractivity contribution in [1.29, 1.82) is 0 Å². The third-order valence-electron chi connectivity index (χ3n) is 7.04. The number of ether oxygens (including phenoxy) is 2. The summed E-state index contributed by atoms with van der Waals surface area (Å²) in [5, 5.41) is 16.9. The molecule has 2 unspecified atom stereocenters. The van der Waals surface area contributed by atoms with Crippen LogP contribution < -0.4 is 15.4 Å². The third-order valence-corrected chi connectivity index (χ3v) is 7.04. The molecule has 0 bridgehead atoms. The zero-order valence-electron chi connectivity index (χ0n) is 26.6. The van der Waals surface area contributed by atoms with E-state index in [9.17, 15) is 19.5 Å². The van der Waals surface area contributed by atoms with Crippen LogP contribution in [0.25, 0.3) is 0 Å². The van der Waals surface area contributed by atoms with Crippen LogP contribution in [0.2, 0.25) is 0 Å². The fraction of sp³-hybridized carbons (Fsp3) is 0.400. The highest BCUT2D eigenvalue weighted by atomic mass is 16.6. The molecule has 0 saturated carbocycles. The number of hydrogen-bond donors (Lipinski definition) is 3. The predicted octanol–water partition coefficient (Wildman–Crippen LogP) is 6.54. The number of hydrogen-bond acceptors (Lipinski definition) is 6. The lowest BCUT2D eigenvalue weighted by molar-refractivity contribution is -0.141. The molecule has 0 fully saturated rings. The number of nitrogens with one attached hydrogen (secondary N) is 2. The number of carbonyl (C=O) groups excluding carboxylic acids is 3. The van der Waals surface area contributed by atoms with Crippen LogP contribution in [0.4, 0.5) is 10.5 Å². The Morgan fingerprint density at radius 3 is 2.23 bits per heavy atom. The fourth-order valence-electron chi connectivity index (χ4n) is 4.84.